The van der Waals surface area contributed by atoms with Crippen molar-refractivity contribution < 1.29 is 14.3 Å². The minimum Gasteiger partial charge on any atom is -0.454 e. The van der Waals surface area contributed by atoms with Crippen molar-refractivity contribution in [1.29, 1.82) is 0 Å². The second kappa shape index (κ2) is 4.39. The lowest BCUT2D eigenvalue weighted by atomic mass is 9.87. The zero-order valence-corrected chi connectivity index (χ0v) is 12.0. The van der Waals surface area contributed by atoms with E-state index in [1.807, 2.05) is 12.1 Å². The number of aryl methyl sites for hydroxylation is 1. The predicted octanol–water partition coefficient (Wildman–Crippen LogP) is 2.28. The molecule has 2 aliphatic rings. The summed E-state index contributed by atoms with van der Waals surface area (Å²) in [5.74, 6) is 1.78. The Morgan fingerprint density at radius 3 is 3.14 bits per heavy atom. The van der Waals surface area contributed by atoms with E-state index in [1.54, 1.807) is 17.9 Å². The lowest BCUT2D eigenvalue weighted by molar-refractivity contribution is -0.116. The van der Waals surface area contributed by atoms with Crippen LogP contribution in [0.25, 0.3) is 0 Å². The molecule has 1 N–H and O–H groups in total. The van der Waals surface area contributed by atoms with Crippen LogP contribution in [0.5, 0.6) is 11.5 Å². The molecule has 1 amide bonds. The van der Waals surface area contributed by atoms with E-state index >= 15 is 0 Å². The number of benzene rings is 1. The maximum absolute atomic E-state index is 11.9. The van der Waals surface area contributed by atoms with Crippen molar-refractivity contribution in [1.82, 2.24) is 9.78 Å². The quantitative estimate of drug-likeness (QED) is 0.878. The number of hydrogen-bond acceptors (Lipinski definition) is 4. The molecule has 21 heavy (non-hydrogen) atoms. The van der Waals surface area contributed by atoms with Crippen molar-refractivity contribution in [3.8, 4) is 11.5 Å². The van der Waals surface area contributed by atoms with Gasteiger partial charge in [-0.3, -0.25) is 9.48 Å². The monoisotopic (exact) mass is 305 g/mol. The van der Waals surface area contributed by atoms with Gasteiger partial charge < -0.3 is 14.8 Å². The largest absolute Gasteiger partial charge is 0.454 e. The zero-order chi connectivity index (χ0) is 14.6. The summed E-state index contributed by atoms with van der Waals surface area (Å²) in [5.41, 5.74) is 1.90. The normalized spacial score (nSPS) is 19.3. The van der Waals surface area contributed by atoms with Gasteiger partial charge in [-0.15, -0.1) is 0 Å². The highest BCUT2D eigenvalue weighted by atomic mass is 35.5. The van der Waals surface area contributed by atoms with Gasteiger partial charge in [-0.05, 0) is 17.7 Å². The number of anilines is 1. The van der Waals surface area contributed by atoms with Crippen LogP contribution in [0.1, 0.15) is 23.5 Å². The van der Waals surface area contributed by atoms with Gasteiger partial charge >= 0.3 is 0 Å². The lowest BCUT2D eigenvalue weighted by Gasteiger charge is -2.23. The van der Waals surface area contributed by atoms with Gasteiger partial charge in [-0.2, -0.15) is 5.10 Å². The molecule has 6 nitrogen and oxygen atoms in total. The summed E-state index contributed by atoms with van der Waals surface area (Å²) in [6, 6.07) is 3.71. The van der Waals surface area contributed by atoms with Crippen molar-refractivity contribution in [2.75, 3.05) is 12.1 Å². The van der Waals surface area contributed by atoms with Crippen LogP contribution in [0.15, 0.2) is 18.3 Å². The standard InChI is InChI=1S/C14H12ClN3O3/c1-18-14-9(5-16-18)8(4-12(19)17-14)7-2-10(15)13-11(3-7)20-6-21-13/h2-3,5,8H,4,6H2,1H3,(H,17,19)/t8-/m1/s1. The highest BCUT2D eigenvalue weighted by molar-refractivity contribution is 6.32. The number of aromatic nitrogens is 2. The van der Waals surface area contributed by atoms with Gasteiger partial charge in [0.2, 0.25) is 12.7 Å². The molecule has 1 aromatic carbocycles. The van der Waals surface area contributed by atoms with Gasteiger partial charge in [0.25, 0.3) is 0 Å². The number of fused-ring (bicyclic) bond motifs is 2. The minimum atomic E-state index is -0.0885. The van der Waals surface area contributed by atoms with Crippen LogP contribution in [-0.2, 0) is 11.8 Å². The molecule has 3 heterocycles. The number of halogens is 1. The molecule has 0 radical (unpaired) electrons. The Hall–Kier alpha value is -2.21. The Labute approximate surface area is 125 Å². The fourth-order valence-electron chi connectivity index (χ4n) is 2.83. The van der Waals surface area contributed by atoms with E-state index < -0.39 is 0 Å². The van der Waals surface area contributed by atoms with Crippen LogP contribution in [0.2, 0.25) is 5.02 Å². The van der Waals surface area contributed by atoms with Crippen LogP contribution in [0.3, 0.4) is 0 Å². The molecular weight excluding hydrogens is 294 g/mol. The number of carbonyl (C=O) groups is 1. The molecule has 1 aromatic heterocycles. The van der Waals surface area contributed by atoms with Gasteiger partial charge in [-0.1, -0.05) is 11.6 Å². The average Bonchev–Trinajstić information content (AvgIpc) is 3.06. The second-order valence-corrected chi connectivity index (χ2v) is 5.52. The summed E-state index contributed by atoms with van der Waals surface area (Å²) >= 11 is 6.24. The molecule has 2 aromatic rings. The highest BCUT2D eigenvalue weighted by Gasteiger charge is 2.31. The summed E-state index contributed by atoms with van der Waals surface area (Å²) in [6.07, 6.45) is 2.13. The third kappa shape index (κ3) is 1.86. The number of amides is 1. The molecule has 0 bridgehead atoms. The lowest BCUT2D eigenvalue weighted by Crippen LogP contribution is -2.24. The first-order valence-electron chi connectivity index (χ1n) is 6.54. The number of nitrogens with one attached hydrogen (secondary N) is 1. The second-order valence-electron chi connectivity index (χ2n) is 5.11. The van der Waals surface area contributed by atoms with Crippen LogP contribution in [-0.4, -0.2) is 22.5 Å². The van der Waals surface area contributed by atoms with Gasteiger partial charge in [0.05, 0.1) is 11.2 Å². The summed E-state index contributed by atoms with van der Waals surface area (Å²) in [7, 11) is 1.80. The molecule has 108 valence electrons. The molecule has 0 saturated carbocycles. The zero-order valence-electron chi connectivity index (χ0n) is 11.2. The highest BCUT2D eigenvalue weighted by Crippen LogP contribution is 2.44. The Morgan fingerprint density at radius 1 is 1.43 bits per heavy atom. The molecule has 0 fully saturated rings. The molecule has 0 unspecified atom stereocenters. The first kappa shape index (κ1) is 12.5. The van der Waals surface area contributed by atoms with Gasteiger partial charge in [0.15, 0.2) is 11.5 Å². The SMILES string of the molecule is Cn1ncc2c1NC(=O)C[C@@H]2c1cc(Cl)c2c(c1)OCO2. The first-order chi connectivity index (χ1) is 10.1. The number of hydrogen-bond donors (Lipinski definition) is 1. The van der Waals surface area contributed by atoms with Crippen molar-refractivity contribution >= 4 is 23.3 Å². The van der Waals surface area contributed by atoms with Crippen LogP contribution >= 0.6 is 11.6 Å². The first-order valence-corrected chi connectivity index (χ1v) is 6.92. The molecule has 7 heteroatoms. The third-order valence-electron chi connectivity index (χ3n) is 3.84. The van der Waals surface area contributed by atoms with Crippen LogP contribution < -0.4 is 14.8 Å². The van der Waals surface area contributed by atoms with E-state index in [9.17, 15) is 4.79 Å². The van der Waals surface area contributed by atoms with E-state index in [0.29, 0.717) is 22.9 Å². The van der Waals surface area contributed by atoms with Crippen molar-refractivity contribution in [3.63, 3.8) is 0 Å². The molecule has 0 aliphatic carbocycles. The number of carbonyl (C=O) groups excluding carboxylic acids is 1. The fraction of sp³-hybridized carbons (Fsp3) is 0.286. The molecule has 0 saturated heterocycles. The smallest absolute Gasteiger partial charge is 0.231 e. The Kier molecular flexibility index (Phi) is 2.62. The van der Waals surface area contributed by atoms with Gasteiger partial charge in [0, 0.05) is 24.9 Å². The Bertz CT molecular complexity index is 756. The average molecular weight is 306 g/mol. The van der Waals surface area contributed by atoms with Crippen LogP contribution in [0, 0.1) is 0 Å². The van der Waals surface area contributed by atoms with E-state index in [-0.39, 0.29) is 18.6 Å². The maximum Gasteiger partial charge on any atom is 0.231 e. The Balaban J connectivity index is 1.84. The number of ether oxygens (including phenoxy) is 2. The topological polar surface area (TPSA) is 65.4 Å². The molecular formula is C14H12ClN3O3. The van der Waals surface area contributed by atoms with Gasteiger partial charge in [0.1, 0.15) is 5.82 Å². The fourth-order valence-corrected chi connectivity index (χ4v) is 3.10. The summed E-state index contributed by atoms with van der Waals surface area (Å²) < 4.78 is 12.4. The van der Waals surface area contributed by atoms with Crippen LogP contribution in [0.4, 0.5) is 5.82 Å². The van der Waals surface area contributed by atoms with E-state index in [4.69, 9.17) is 21.1 Å². The summed E-state index contributed by atoms with van der Waals surface area (Å²) in [6.45, 7) is 0.168. The van der Waals surface area contributed by atoms with Gasteiger partial charge in [-0.25, -0.2) is 0 Å². The summed E-state index contributed by atoms with van der Waals surface area (Å²) in [5, 5.41) is 7.56. The van der Waals surface area contributed by atoms with E-state index in [0.717, 1.165) is 16.9 Å². The molecule has 0 spiro atoms. The number of rotatable bonds is 1. The van der Waals surface area contributed by atoms with Crippen molar-refractivity contribution in [2.24, 2.45) is 7.05 Å². The molecule has 1 atom stereocenters. The molecule has 4 rings (SSSR count). The number of nitrogens with zero attached hydrogens (tertiary/aromatic N) is 2. The van der Waals surface area contributed by atoms with Crippen molar-refractivity contribution in [2.45, 2.75) is 12.3 Å². The Morgan fingerprint density at radius 2 is 2.29 bits per heavy atom. The van der Waals surface area contributed by atoms with E-state index in [1.165, 1.54) is 0 Å². The van der Waals surface area contributed by atoms with E-state index in [2.05, 4.69) is 10.4 Å². The van der Waals surface area contributed by atoms with Crippen molar-refractivity contribution in [3.05, 3.63) is 34.5 Å². The third-order valence-corrected chi connectivity index (χ3v) is 4.12. The minimum absolute atomic E-state index is 0.0371. The predicted molar refractivity (Wildman–Crippen MR) is 75.9 cm³/mol. The summed E-state index contributed by atoms with van der Waals surface area (Å²) in [4.78, 5) is 11.9. The molecule has 2 aliphatic heterocycles. The maximum atomic E-state index is 11.9.